The van der Waals surface area contributed by atoms with E-state index in [9.17, 15) is 4.79 Å². The highest BCUT2D eigenvalue weighted by Crippen LogP contribution is 1.93. The second kappa shape index (κ2) is 9.63. The van der Waals surface area contributed by atoms with Gasteiger partial charge in [0.05, 0.1) is 6.54 Å². The molecule has 2 heteroatoms. The van der Waals surface area contributed by atoms with Crippen LogP contribution in [0.25, 0.3) is 0 Å². The highest BCUT2D eigenvalue weighted by atomic mass is 16.1. The minimum absolute atomic E-state index is 0. The van der Waals surface area contributed by atoms with Crippen LogP contribution in [0.4, 0.5) is 0 Å². The van der Waals surface area contributed by atoms with E-state index < -0.39 is 0 Å². The Morgan fingerprint density at radius 1 is 1.55 bits per heavy atom. The number of likely N-dealkylation sites (N-methyl/N-ethyl adjacent to an activating group) is 1. The molecule has 0 unspecified atom stereocenters. The lowest BCUT2D eigenvalue weighted by Crippen LogP contribution is -2.14. The van der Waals surface area contributed by atoms with Crippen LogP contribution in [-0.4, -0.2) is 19.4 Å². The van der Waals surface area contributed by atoms with Gasteiger partial charge in [-0.1, -0.05) is 27.2 Å². The molecule has 0 heterocycles. The molecule has 0 radical (unpaired) electrons. The fourth-order valence-electron chi connectivity index (χ4n) is 0.249. The van der Waals surface area contributed by atoms with Crippen LogP contribution in [0, 0.1) is 5.92 Å². The third-order valence-corrected chi connectivity index (χ3v) is 1.24. The number of nitrogens with one attached hydrogen (secondary N) is 1. The second-order valence-corrected chi connectivity index (χ2v) is 3.03. The van der Waals surface area contributed by atoms with Crippen molar-refractivity contribution in [2.75, 3.05) is 13.6 Å². The zero-order valence-electron chi connectivity index (χ0n) is 8.40. The first-order valence-corrected chi connectivity index (χ1v) is 4.18. The fraction of sp³-hybridized carbons (Fsp3) is 0.889. The fourth-order valence-corrected chi connectivity index (χ4v) is 0.249. The SMILES string of the molecule is CCC(C)C.CNCC(C)=O.[HH]. The summed E-state index contributed by atoms with van der Waals surface area (Å²) in [6.45, 7) is 8.68. The summed E-state index contributed by atoms with van der Waals surface area (Å²) in [6.07, 6.45) is 1.31. The lowest BCUT2D eigenvalue weighted by Gasteiger charge is -1.90. The molecule has 0 saturated carbocycles. The summed E-state index contributed by atoms with van der Waals surface area (Å²) in [6, 6.07) is 0. The van der Waals surface area contributed by atoms with Crippen LogP contribution in [0.3, 0.4) is 0 Å². The van der Waals surface area contributed by atoms with Crippen molar-refractivity contribution in [3.63, 3.8) is 0 Å². The number of ketones is 1. The van der Waals surface area contributed by atoms with E-state index in [4.69, 9.17) is 0 Å². The standard InChI is InChI=1S/C5H12.C4H9NO.H2/c1-4-5(2)3;1-4(6)3-5-2;/h5H,4H2,1-3H3;5H,3H2,1-2H3;1H. The van der Waals surface area contributed by atoms with Crippen LogP contribution in [0.5, 0.6) is 0 Å². The maximum Gasteiger partial charge on any atom is 0.143 e. The molecule has 0 aliphatic carbocycles. The first-order valence-electron chi connectivity index (χ1n) is 4.18. The van der Waals surface area contributed by atoms with Gasteiger partial charge in [0.1, 0.15) is 5.78 Å². The molecule has 0 aromatic heterocycles. The Hall–Kier alpha value is -0.370. The molecule has 0 saturated heterocycles. The molecule has 0 bridgehead atoms. The number of hydrogen-bond donors (Lipinski definition) is 1. The quantitative estimate of drug-likeness (QED) is 0.686. The molecule has 0 rings (SSSR count). The van der Waals surface area contributed by atoms with Crippen molar-refractivity contribution in [3.05, 3.63) is 0 Å². The molecule has 0 atom stereocenters. The summed E-state index contributed by atoms with van der Waals surface area (Å²) in [5.74, 6) is 1.06. The highest BCUT2D eigenvalue weighted by molar-refractivity contribution is 5.77. The van der Waals surface area contributed by atoms with Gasteiger partial charge in [-0.15, -0.1) is 0 Å². The van der Waals surface area contributed by atoms with Gasteiger partial charge in [-0.3, -0.25) is 4.79 Å². The number of rotatable bonds is 3. The number of carbonyl (C=O) groups is 1. The van der Waals surface area contributed by atoms with E-state index >= 15 is 0 Å². The van der Waals surface area contributed by atoms with Crippen molar-refractivity contribution in [2.24, 2.45) is 5.92 Å². The molecule has 0 aliphatic heterocycles. The van der Waals surface area contributed by atoms with Gasteiger partial charge < -0.3 is 5.32 Å². The van der Waals surface area contributed by atoms with Crippen LogP contribution in [-0.2, 0) is 4.79 Å². The van der Waals surface area contributed by atoms with E-state index in [0.29, 0.717) is 6.54 Å². The molecule has 1 N–H and O–H groups in total. The number of carbonyl (C=O) groups excluding carboxylic acids is 1. The maximum absolute atomic E-state index is 9.98. The van der Waals surface area contributed by atoms with Crippen molar-refractivity contribution in [3.8, 4) is 0 Å². The molecule has 0 aliphatic rings. The minimum Gasteiger partial charge on any atom is -0.313 e. The van der Waals surface area contributed by atoms with E-state index in [-0.39, 0.29) is 7.21 Å². The zero-order chi connectivity index (χ0) is 9.28. The lowest BCUT2D eigenvalue weighted by molar-refractivity contribution is -0.116. The summed E-state index contributed by atoms with van der Waals surface area (Å²) in [7, 11) is 1.75. The minimum atomic E-state index is 0. The smallest absolute Gasteiger partial charge is 0.143 e. The van der Waals surface area contributed by atoms with Crippen LogP contribution < -0.4 is 5.32 Å². The topological polar surface area (TPSA) is 29.1 Å². The summed E-state index contributed by atoms with van der Waals surface area (Å²) in [5, 5.41) is 2.72. The molecular weight excluding hydrogens is 138 g/mol. The monoisotopic (exact) mass is 161 g/mol. The van der Waals surface area contributed by atoms with E-state index in [0.717, 1.165) is 5.92 Å². The Bertz CT molecular complexity index is 94.5. The Morgan fingerprint density at radius 2 is 1.91 bits per heavy atom. The molecule has 70 valence electrons. The summed E-state index contributed by atoms with van der Waals surface area (Å²) >= 11 is 0. The number of Topliss-reactive ketones (excluding diaryl/α,β-unsaturated/α-hetero) is 1. The molecular formula is C9H23NO. The Kier molecular flexibility index (Phi) is 11.6. The second-order valence-electron chi connectivity index (χ2n) is 3.03. The Labute approximate surface area is 71.9 Å². The third-order valence-electron chi connectivity index (χ3n) is 1.24. The summed E-state index contributed by atoms with van der Waals surface area (Å²) in [5.41, 5.74) is 0. The van der Waals surface area contributed by atoms with Crippen LogP contribution >= 0.6 is 0 Å². The van der Waals surface area contributed by atoms with Gasteiger partial charge >= 0.3 is 0 Å². The van der Waals surface area contributed by atoms with Crippen LogP contribution in [0.2, 0.25) is 0 Å². The predicted molar refractivity (Wildman–Crippen MR) is 51.9 cm³/mol. The van der Waals surface area contributed by atoms with E-state index in [1.54, 1.807) is 14.0 Å². The van der Waals surface area contributed by atoms with Crippen molar-refractivity contribution < 1.29 is 6.22 Å². The van der Waals surface area contributed by atoms with Crippen molar-refractivity contribution in [1.82, 2.24) is 5.32 Å². The molecule has 0 aromatic carbocycles. The third kappa shape index (κ3) is 26.2. The summed E-state index contributed by atoms with van der Waals surface area (Å²) < 4.78 is 0. The van der Waals surface area contributed by atoms with Crippen molar-refractivity contribution >= 4 is 5.78 Å². The molecule has 0 aromatic rings. The van der Waals surface area contributed by atoms with Gasteiger partial charge in [0.2, 0.25) is 0 Å². The Morgan fingerprint density at radius 3 is 1.91 bits per heavy atom. The normalized spacial score (nSPS) is 8.91. The molecule has 11 heavy (non-hydrogen) atoms. The first-order chi connectivity index (χ1) is 5.04. The maximum atomic E-state index is 9.98. The van der Waals surface area contributed by atoms with Crippen molar-refractivity contribution in [1.29, 1.82) is 0 Å². The predicted octanol–water partition coefficient (Wildman–Crippen LogP) is 2.09. The largest absolute Gasteiger partial charge is 0.313 e. The molecule has 2 nitrogen and oxygen atoms in total. The van der Waals surface area contributed by atoms with Gasteiger partial charge in [-0.2, -0.15) is 0 Å². The van der Waals surface area contributed by atoms with E-state index in [2.05, 4.69) is 26.1 Å². The average Bonchev–Trinajstić information content (AvgIpc) is 1.89. The molecule has 0 fully saturated rings. The zero-order valence-corrected chi connectivity index (χ0v) is 8.40. The van der Waals surface area contributed by atoms with Gasteiger partial charge in [-0.05, 0) is 19.9 Å². The summed E-state index contributed by atoms with van der Waals surface area (Å²) in [4.78, 5) is 9.98. The van der Waals surface area contributed by atoms with Gasteiger partial charge in [0.25, 0.3) is 0 Å². The lowest BCUT2D eigenvalue weighted by atomic mass is 10.2. The molecule has 0 spiro atoms. The van der Waals surface area contributed by atoms with E-state index in [1.165, 1.54) is 6.42 Å². The van der Waals surface area contributed by atoms with Crippen LogP contribution in [0.15, 0.2) is 0 Å². The Balaban J connectivity index is -0.000000126. The first kappa shape index (κ1) is 13.2. The van der Waals surface area contributed by atoms with Crippen LogP contribution in [0.1, 0.15) is 35.5 Å². The highest BCUT2D eigenvalue weighted by Gasteiger charge is 1.82. The average molecular weight is 161 g/mol. The van der Waals surface area contributed by atoms with Gasteiger partial charge in [-0.25, -0.2) is 0 Å². The van der Waals surface area contributed by atoms with E-state index in [1.807, 2.05) is 0 Å². The van der Waals surface area contributed by atoms with Gasteiger partial charge in [0, 0.05) is 1.43 Å². The molecule has 0 amide bonds. The number of hydrogen-bond acceptors (Lipinski definition) is 2. The van der Waals surface area contributed by atoms with Crippen molar-refractivity contribution in [2.45, 2.75) is 34.1 Å². The van der Waals surface area contributed by atoms with Gasteiger partial charge in [0.15, 0.2) is 0 Å².